The number of nitrogens with zero attached hydrogens (tertiary/aromatic N) is 3. The summed E-state index contributed by atoms with van der Waals surface area (Å²) in [5, 5.41) is 0. The number of unbranched alkanes of at least 4 members (excludes halogenated alkanes) is 1. The van der Waals surface area contributed by atoms with Crippen LogP contribution in [0.4, 0.5) is 5.69 Å². The van der Waals surface area contributed by atoms with E-state index >= 15 is 0 Å². The van der Waals surface area contributed by atoms with Crippen LogP contribution in [-0.2, 0) is 6.42 Å². The quantitative estimate of drug-likeness (QED) is 0.420. The van der Waals surface area contributed by atoms with E-state index in [0.717, 1.165) is 43.0 Å². The molecule has 2 aliphatic rings. The maximum atomic E-state index is 5.47. The van der Waals surface area contributed by atoms with E-state index in [-0.39, 0.29) is 0 Å². The van der Waals surface area contributed by atoms with Crippen molar-refractivity contribution in [1.29, 1.82) is 0 Å². The van der Waals surface area contributed by atoms with Gasteiger partial charge in [-0.15, -0.1) is 6.42 Å². The zero-order valence-corrected chi connectivity index (χ0v) is 19.4. The van der Waals surface area contributed by atoms with Gasteiger partial charge in [-0.3, -0.25) is 0 Å². The fourth-order valence-corrected chi connectivity index (χ4v) is 4.90. The third-order valence-corrected chi connectivity index (χ3v) is 6.99. The molecule has 0 aromatic heterocycles. The number of likely N-dealkylation sites (tertiary alicyclic amines) is 1. The lowest BCUT2D eigenvalue weighted by atomic mass is 10.1. The predicted molar refractivity (Wildman–Crippen MR) is 137 cm³/mol. The van der Waals surface area contributed by atoms with Crippen molar-refractivity contribution in [2.45, 2.75) is 38.5 Å². The summed E-state index contributed by atoms with van der Waals surface area (Å²) in [7, 11) is 0. The number of terminal acetylenes is 1. The first-order valence-corrected chi connectivity index (χ1v) is 12.3. The maximum absolute atomic E-state index is 5.47. The second-order valence-corrected chi connectivity index (χ2v) is 9.17. The van der Waals surface area contributed by atoms with E-state index in [9.17, 15) is 0 Å². The summed E-state index contributed by atoms with van der Waals surface area (Å²) in [5.41, 5.74) is 5.97. The van der Waals surface area contributed by atoms with Crippen molar-refractivity contribution >= 4 is 11.4 Å². The van der Waals surface area contributed by atoms with Crippen molar-refractivity contribution in [3.63, 3.8) is 0 Å². The Labute approximate surface area is 194 Å². The van der Waals surface area contributed by atoms with Gasteiger partial charge in [0.25, 0.3) is 0 Å². The van der Waals surface area contributed by atoms with Crippen LogP contribution in [-0.4, -0.2) is 55.6 Å². The third kappa shape index (κ3) is 5.96. The van der Waals surface area contributed by atoms with Crippen molar-refractivity contribution in [3.8, 4) is 12.3 Å². The average molecular weight is 428 g/mol. The summed E-state index contributed by atoms with van der Waals surface area (Å²) in [4.78, 5) is 7.52. The van der Waals surface area contributed by atoms with Gasteiger partial charge in [0, 0.05) is 43.1 Å². The molecule has 4 rings (SSSR count). The zero-order chi connectivity index (χ0) is 22.2. The van der Waals surface area contributed by atoms with Crippen LogP contribution in [0.2, 0.25) is 0 Å². The van der Waals surface area contributed by atoms with Crippen LogP contribution in [0.3, 0.4) is 0 Å². The van der Waals surface area contributed by atoms with E-state index in [1.165, 1.54) is 69.4 Å². The standard InChI is InChI=1S/C29H37N3/c1-3-26-10-14-28(15-11-26)25(2)31-21-23-32(24-22-31)29-16-12-27(13-17-29)9-5-8-20-30-18-6-4-7-19-30/h1,10-17H,2,4-9,18-24H2. The lowest BCUT2D eigenvalue weighted by molar-refractivity contribution is 0.225. The zero-order valence-electron chi connectivity index (χ0n) is 19.4. The summed E-state index contributed by atoms with van der Waals surface area (Å²) in [6.07, 6.45) is 13.5. The molecule has 32 heavy (non-hydrogen) atoms. The van der Waals surface area contributed by atoms with Gasteiger partial charge in [0.2, 0.25) is 0 Å². The first-order valence-electron chi connectivity index (χ1n) is 12.3. The maximum Gasteiger partial charge on any atom is 0.0368 e. The summed E-state index contributed by atoms with van der Waals surface area (Å²) in [6, 6.07) is 17.4. The van der Waals surface area contributed by atoms with Gasteiger partial charge in [-0.1, -0.05) is 43.2 Å². The van der Waals surface area contributed by atoms with Crippen molar-refractivity contribution < 1.29 is 0 Å². The molecule has 168 valence electrons. The van der Waals surface area contributed by atoms with E-state index in [4.69, 9.17) is 6.42 Å². The Hall–Kier alpha value is -2.70. The van der Waals surface area contributed by atoms with Gasteiger partial charge in [0.05, 0.1) is 0 Å². The molecule has 2 aromatic carbocycles. The smallest absolute Gasteiger partial charge is 0.0368 e. The molecule has 2 aliphatic heterocycles. The molecule has 2 fully saturated rings. The topological polar surface area (TPSA) is 9.72 Å². The number of rotatable bonds is 8. The fraction of sp³-hybridized carbons (Fsp3) is 0.448. The molecule has 3 nitrogen and oxygen atoms in total. The van der Waals surface area contributed by atoms with Crippen LogP contribution in [0.5, 0.6) is 0 Å². The SMILES string of the molecule is C#Cc1ccc(C(=C)N2CCN(c3ccc(CCCCN4CCCCC4)cc3)CC2)cc1. The Bertz CT molecular complexity index is 893. The molecule has 0 aliphatic carbocycles. The molecular weight excluding hydrogens is 390 g/mol. The molecule has 0 saturated carbocycles. The van der Waals surface area contributed by atoms with Crippen LogP contribution in [0.25, 0.3) is 5.70 Å². The molecule has 0 unspecified atom stereocenters. The molecule has 0 atom stereocenters. The van der Waals surface area contributed by atoms with Gasteiger partial charge in [0.1, 0.15) is 0 Å². The predicted octanol–water partition coefficient (Wildman–Crippen LogP) is 5.27. The Morgan fingerprint density at radius 3 is 2.16 bits per heavy atom. The number of piperidine rings is 1. The van der Waals surface area contributed by atoms with E-state index in [1.54, 1.807) is 0 Å². The number of hydrogen-bond acceptors (Lipinski definition) is 3. The summed E-state index contributed by atoms with van der Waals surface area (Å²) >= 11 is 0. The second-order valence-electron chi connectivity index (χ2n) is 9.17. The molecule has 0 bridgehead atoms. The highest BCUT2D eigenvalue weighted by Gasteiger charge is 2.19. The molecule has 3 heteroatoms. The largest absolute Gasteiger partial charge is 0.368 e. The highest BCUT2D eigenvalue weighted by molar-refractivity contribution is 5.63. The Morgan fingerprint density at radius 2 is 1.50 bits per heavy atom. The van der Waals surface area contributed by atoms with Crippen LogP contribution < -0.4 is 4.90 Å². The molecule has 0 amide bonds. The number of hydrogen-bond donors (Lipinski definition) is 0. The van der Waals surface area contributed by atoms with Crippen molar-refractivity contribution in [2.75, 3.05) is 50.7 Å². The van der Waals surface area contributed by atoms with E-state index in [1.807, 2.05) is 12.1 Å². The Kier molecular flexibility index (Phi) is 7.91. The summed E-state index contributed by atoms with van der Waals surface area (Å²) in [5.74, 6) is 2.68. The minimum Gasteiger partial charge on any atom is -0.368 e. The lowest BCUT2D eigenvalue weighted by Crippen LogP contribution is -2.45. The van der Waals surface area contributed by atoms with E-state index < -0.39 is 0 Å². The monoisotopic (exact) mass is 427 g/mol. The third-order valence-electron chi connectivity index (χ3n) is 6.99. The van der Waals surface area contributed by atoms with Crippen molar-refractivity contribution in [1.82, 2.24) is 9.80 Å². The molecule has 2 aromatic rings. The fourth-order valence-electron chi connectivity index (χ4n) is 4.90. The number of anilines is 1. The molecular formula is C29H37N3. The second kappa shape index (κ2) is 11.2. The molecule has 0 N–H and O–H groups in total. The van der Waals surface area contributed by atoms with Gasteiger partial charge >= 0.3 is 0 Å². The minimum absolute atomic E-state index is 0.914. The van der Waals surface area contributed by atoms with E-state index in [0.29, 0.717) is 0 Å². The summed E-state index contributed by atoms with van der Waals surface area (Å²) < 4.78 is 0. The highest BCUT2D eigenvalue weighted by atomic mass is 15.3. The van der Waals surface area contributed by atoms with Gasteiger partial charge in [-0.05, 0) is 87.1 Å². The van der Waals surface area contributed by atoms with Gasteiger partial charge in [-0.25, -0.2) is 0 Å². The molecule has 2 saturated heterocycles. The highest BCUT2D eigenvalue weighted by Crippen LogP contribution is 2.23. The van der Waals surface area contributed by atoms with Crippen LogP contribution >= 0.6 is 0 Å². The lowest BCUT2D eigenvalue weighted by Gasteiger charge is -2.38. The van der Waals surface area contributed by atoms with Crippen LogP contribution in [0.15, 0.2) is 55.1 Å². The Balaban J connectivity index is 1.20. The Morgan fingerprint density at radius 1 is 0.812 bits per heavy atom. The average Bonchev–Trinajstić information content (AvgIpc) is 2.87. The summed E-state index contributed by atoms with van der Waals surface area (Å²) in [6.45, 7) is 12.3. The first kappa shape index (κ1) is 22.5. The van der Waals surface area contributed by atoms with Gasteiger partial charge in [-0.2, -0.15) is 0 Å². The van der Waals surface area contributed by atoms with Gasteiger partial charge in [0.15, 0.2) is 0 Å². The number of aryl methyl sites for hydroxylation is 1. The number of benzene rings is 2. The normalized spacial score (nSPS) is 17.2. The molecule has 0 radical (unpaired) electrons. The molecule has 0 spiro atoms. The van der Waals surface area contributed by atoms with Crippen molar-refractivity contribution in [2.24, 2.45) is 0 Å². The minimum atomic E-state index is 0.914. The first-order chi connectivity index (χ1) is 15.7. The molecule has 2 heterocycles. The van der Waals surface area contributed by atoms with Gasteiger partial charge < -0.3 is 14.7 Å². The van der Waals surface area contributed by atoms with Crippen molar-refractivity contribution in [3.05, 3.63) is 71.8 Å². The van der Waals surface area contributed by atoms with Crippen LogP contribution in [0, 0.1) is 12.3 Å². The van der Waals surface area contributed by atoms with Crippen LogP contribution in [0.1, 0.15) is 48.8 Å². The number of piperazine rings is 1. The van der Waals surface area contributed by atoms with E-state index in [2.05, 4.69) is 63.6 Å².